The van der Waals surface area contributed by atoms with Crippen LogP contribution < -0.4 is 15.8 Å². The third-order valence-electron chi connectivity index (χ3n) is 2.86. The molecule has 0 spiro atoms. The van der Waals surface area contributed by atoms with Crippen LogP contribution in [0.5, 0.6) is 5.75 Å². The molecular weight excluding hydrogens is 256 g/mol. The standard InChI is InChI=1S/C15H24N2O3/c1-4-20-14-6-5-12(8-11(14)9-18)17-15(19)13(16)7-10(2)3/h5-6,8,10,13,18H,4,7,9,16H2,1-3H3,(H,17,19)/t13-/m1/s1. The molecule has 20 heavy (non-hydrogen) atoms. The van der Waals surface area contributed by atoms with E-state index in [1.165, 1.54) is 0 Å². The van der Waals surface area contributed by atoms with E-state index in [4.69, 9.17) is 10.5 Å². The lowest BCUT2D eigenvalue weighted by Gasteiger charge is -2.15. The number of nitrogens with one attached hydrogen (secondary N) is 1. The van der Waals surface area contributed by atoms with Crippen molar-refractivity contribution in [2.45, 2.75) is 39.8 Å². The predicted molar refractivity (Wildman–Crippen MR) is 79.6 cm³/mol. The number of ether oxygens (including phenoxy) is 1. The number of amides is 1. The number of anilines is 1. The molecule has 0 saturated heterocycles. The maximum Gasteiger partial charge on any atom is 0.241 e. The number of nitrogens with two attached hydrogens (primary N) is 1. The van der Waals surface area contributed by atoms with Gasteiger partial charge in [0.1, 0.15) is 5.75 Å². The van der Waals surface area contributed by atoms with Gasteiger partial charge in [-0.3, -0.25) is 4.79 Å². The second kappa shape index (κ2) is 7.87. The van der Waals surface area contributed by atoms with Crippen molar-refractivity contribution < 1.29 is 14.6 Å². The summed E-state index contributed by atoms with van der Waals surface area (Å²) < 4.78 is 5.39. The fraction of sp³-hybridized carbons (Fsp3) is 0.533. The molecule has 0 aliphatic heterocycles. The number of carbonyl (C=O) groups excluding carboxylic acids is 1. The third kappa shape index (κ3) is 4.83. The normalized spacial score (nSPS) is 12.3. The van der Waals surface area contributed by atoms with Crippen molar-refractivity contribution in [3.05, 3.63) is 23.8 Å². The highest BCUT2D eigenvalue weighted by Gasteiger charge is 2.15. The van der Waals surface area contributed by atoms with Gasteiger partial charge in [-0.15, -0.1) is 0 Å². The minimum atomic E-state index is -0.529. The van der Waals surface area contributed by atoms with Gasteiger partial charge >= 0.3 is 0 Å². The van der Waals surface area contributed by atoms with Crippen molar-refractivity contribution in [1.82, 2.24) is 0 Å². The number of hydrogen-bond acceptors (Lipinski definition) is 4. The van der Waals surface area contributed by atoms with Crippen molar-refractivity contribution in [3.8, 4) is 5.75 Å². The summed E-state index contributed by atoms with van der Waals surface area (Å²) in [5, 5.41) is 12.1. The monoisotopic (exact) mass is 280 g/mol. The van der Waals surface area contributed by atoms with Crippen LogP contribution in [0.1, 0.15) is 32.8 Å². The molecule has 1 atom stereocenters. The van der Waals surface area contributed by atoms with Crippen LogP contribution in [0, 0.1) is 5.92 Å². The van der Waals surface area contributed by atoms with E-state index in [0.29, 0.717) is 35.9 Å². The number of hydrogen-bond donors (Lipinski definition) is 3. The number of aliphatic hydroxyl groups is 1. The van der Waals surface area contributed by atoms with E-state index in [9.17, 15) is 9.90 Å². The minimum absolute atomic E-state index is 0.142. The quantitative estimate of drug-likeness (QED) is 0.712. The van der Waals surface area contributed by atoms with E-state index in [0.717, 1.165) is 0 Å². The molecule has 0 fully saturated rings. The molecule has 0 aliphatic carbocycles. The van der Waals surface area contributed by atoms with Gasteiger partial charge < -0.3 is 20.9 Å². The van der Waals surface area contributed by atoms with Crippen molar-refractivity contribution >= 4 is 11.6 Å². The van der Waals surface area contributed by atoms with Crippen molar-refractivity contribution in [2.75, 3.05) is 11.9 Å². The lowest BCUT2D eigenvalue weighted by molar-refractivity contribution is -0.117. The highest BCUT2D eigenvalue weighted by Crippen LogP contribution is 2.23. The summed E-state index contributed by atoms with van der Waals surface area (Å²) in [5.74, 6) is 0.773. The van der Waals surface area contributed by atoms with Crippen LogP contribution >= 0.6 is 0 Å². The molecule has 1 aromatic carbocycles. The Balaban J connectivity index is 2.75. The molecule has 0 unspecified atom stereocenters. The molecule has 1 rings (SSSR count). The van der Waals surface area contributed by atoms with Crippen LogP contribution in [0.25, 0.3) is 0 Å². The predicted octanol–water partition coefficient (Wildman–Crippen LogP) is 1.89. The van der Waals surface area contributed by atoms with Gasteiger partial charge in [0.2, 0.25) is 5.91 Å². The fourth-order valence-electron chi connectivity index (χ4n) is 1.93. The van der Waals surface area contributed by atoms with Crippen LogP contribution in [0.2, 0.25) is 0 Å². The largest absolute Gasteiger partial charge is 0.494 e. The Labute approximate surface area is 120 Å². The van der Waals surface area contributed by atoms with E-state index in [-0.39, 0.29) is 12.5 Å². The molecule has 0 radical (unpaired) electrons. The summed E-state index contributed by atoms with van der Waals surface area (Å²) in [6.45, 7) is 6.30. The molecule has 4 N–H and O–H groups in total. The Morgan fingerprint density at radius 1 is 1.45 bits per heavy atom. The van der Waals surface area contributed by atoms with E-state index in [1.54, 1.807) is 18.2 Å². The summed E-state index contributed by atoms with van der Waals surface area (Å²) in [5.41, 5.74) is 7.08. The Bertz CT molecular complexity index is 447. The topological polar surface area (TPSA) is 84.6 Å². The lowest BCUT2D eigenvalue weighted by Crippen LogP contribution is -2.36. The second-order valence-electron chi connectivity index (χ2n) is 5.14. The maximum atomic E-state index is 11.9. The zero-order valence-corrected chi connectivity index (χ0v) is 12.3. The number of benzene rings is 1. The highest BCUT2D eigenvalue weighted by atomic mass is 16.5. The highest BCUT2D eigenvalue weighted by molar-refractivity contribution is 5.94. The Morgan fingerprint density at radius 2 is 2.15 bits per heavy atom. The minimum Gasteiger partial charge on any atom is -0.494 e. The second-order valence-corrected chi connectivity index (χ2v) is 5.14. The van der Waals surface area contributed by atoms with Crippen molar-refractivity contribution in [2.24, 2.45) is 11.7 Å². The SMILES string of the molecule is CCOc1ccc(NC(=O)[C@H](N)CC(C)C)cc1CO. The van der Waals surface area contributed by atoms with Crippen molar-refractivity contribution in [3.63, 3.8) is 0 Å². The van der Waals surface area contributed by atoms with Crippen LogP contribution in [0.3, 0.4) is 0 Å². The first kappa shape index (κ1) is 16.5. The molecule has 5 heteroatoms. The van der Waals surface area contributed by atoms with Gasteiger partial charge in [-0.25, -0.2) is 0 Å². The van der Waals surface area contributed by atoms with Crippen LogP contribution in [-0.2, 0) is 11.4 Å². The Kier molecular flexibility index (Phi) is 6.48. The molecule has 0 saturated carbocycles. The molecule has 112 valence electrons. The van der Waals surface area contributed by atoms with Crippen LogP contribution in [-0.4, -0.2) is 23.7 Å². The summed E-state index contributed by atoms with van der Waals surface area (Å²) in [7, 11) is 0. The van der Waals surface area contributed by atoms with E-state index in [1.807, 2.05) is 20.8 Å². The van der Waals surface area contributed by atoms with Gasteiger partial charge in [-0.05, 0) is 37.5 Å². The van der Waals surface area contributed by atoms with Gasteiger partial charge in [0.15, 0.2) is 0 Å². The number of carbonyl (C=O) groups is 1. The Hall–Kier alpha value is -1.59. The molecule has 0 heterocycles. The van der Waals surface area contributed by atoms with E-state index in [2.05, 4.69) is 5.32 Å². The van der Waals surface area contributed by atoms with E-state index >= 15 is 0 Å². The Morgan fingerprint density at radius 3 is 2.70 bits per heavy atom. The molecule has 1 amide bonds. The zero-order valence-electron chi connectivity index (χ0n) is 12.3. The molecule has 5 nitrogen and oxygen atoms in total. The summed E-state index contributed by atoms with van der Waals surface area (Å²) >= 11 is 0. The van der Waals surface area contributed by atoms with Gasteiger partial charge in [0, 0.05) is 11.3 Å². The first-order chi connectivity index (χ1) is 9.47. The van der Waals surface area contributed by atoms with Crippen LogP contribution in [0.4, 0.5) is 5.69 Å². The number of aliphatic hydroxyl groups excluding tert-OH is 1. The lowest BCUT2D eigenvalue weighted by atomic mass is 10.0. The van der Waals surface area contributed by atoms with Gasteiger partial charge in [0.25, 0.3) is 0 Å². The molecule has 0 aromatic heterocycles. The molecular formula is C15H24N2O3. The zero-order chi connectivity index (χ0) is 15.1. The van der Waals surface area contributed by atoms with E-state index < -0.39 is 6.04 Å². The van der Waals surface area contributed by atoms with Crippen molar-refractivity contribution in [1.29, 1.82) is 0 Å². The number of rotatable bonds is 7. The van der Waals surface area contributed by atoms with Gasteiger partial charge in [0.05, 0.1) is 19.3 Å². The first-order valence-corrected chi connectivity index (χ1v) is 6.91. The fourth-order valence-corrected chi connectivity index (χ4v) is 1.93. The third-order valence-corrected chi connectivity index (χ3v) is 2.86. The average molecular weight is 280 g/mol. The smallest absolute Gasteiger partial charge is 0.241 e. The van der Waals surface area contributed by atoms with Crippen LogP contribution in [0.15, 0.2) is 18.2 Å². The molecule has 0 bridgehead atoms. The summed E-state index contributed by atoms with van der Waals surface area (Å²) in [4.78, 5) is 11.9. The molecule has 1 aromatic rings. The summed E-state index contributed by atoms with van der Waals surface area (Å²) in [6, 6.07) is 4.65. The average Bonchev–Trinajstić information content (AvgIpc) is 2.39. The summed E-state index contributed by atoms with van der Waals surface area (Å²) in [6.07, 6.45) is 0.635. The van der Waals surface area contributed by atoms with Gasteiger partial charge in [-0.1, -0.05) is 13.8 Å². The van der Waals surface area contributed by atoms with Gasteiger partial charge in [-0.2, -0.15) is 0 Å². The maximum absolute atomic E-state index is 11.9. The molecule has 0 aliphatic rings. The first-order valence-electron chi connectivity index (χ1n) is 6.91.